The first-order valence-electron chi connectivity index (χ1n) is 4.52. The van der Waals surface area contributed by atoms with Crippen LogP contribution in [0.1, 0.15) is 26.7 Å². The number of alkyl halides is 1. The van der Waals surface area contributed by atoms with Crippen molar-refractivity contribution in [2.24, 2.45) is 0 Å². The first-order valence-corrected chi connectivity index (χ1v) is 4.52. The van der Waals surface area contributed by atoms with Crippen molar-refractivity contribution < 1.29 is 13.9 Å². The van der Waals surface area contributed by atoms with Crippen LogP contribution in [0.4, 0.5) is 4.39 Å². The second kappa shape index (κ2) is 6.38. The lowest BCUT2D eigenvalue weighted by atomic mass is 9.98. The summed E-state index contributed by atoms with van der Waals surface area (Å²) in [6.45, 7) is 5.26. The molecule has 1 aliphatic rings. The van der Waals surface area contributed by atoms with Gasteiger partial charge in [-0.25, -0.2) is 4.39 Å². The minimum atomic E-state index is -1.12. The Morgan fingerprint density at radius 2 is 1.83 bits per heavy atom. The molecule has 1 fully saturated rings. The summed E-state index contributed by atoms with van der Waals surface area (Å²) in [5, 5.41) is 0. The molecule has 0 radical (unpaired) electrons. The van der Waals surface area contributed by atoms with E-state index in [9.17, 15) is 4.39 Å². The minimum absolute atomic E-state index is 0.205. The molecular weight excluding hydrogens is 159 g/mol. The van der Waals surface area contributed by atoms with Crippen molar-refractivity contribution in [1.82, 2.24) is 0 Å². The highest BCUT2D eigenvalue weighted by molar-refractivity contribution is 4.80. The quantitative estimate of drug-likeness (QED) is 0.645. The summed E-state index contributed by atoms with van der Waals surface area (Å²) in [5.74, 6) is 0. The third kappa shape index (κ3) is 4.02. The van der Waals surface area contributed by atoms with Gasteiger partial charge in [0.15, 0.2) is 0 Å². The van der Waals surface area contributed by atoms with Crippen LogP contribution < -0.4 is 0 Å². The van der Waals surface area contributed by atoms with E-state index < -0.39 is 5.67 Å². The molecule has 0 spiro atoms. The molecule has 1 saturated heterocycles. The van der Waals surface area contributed by atoms with Gasteiger partial charge >= 0.3 is 0 Å². The summed E-state index contributed by atoms with van der Waals surface area (Å²) in [6, 6.07) is 0. The van der Waals surface area contributed by atoms with Gasteiger partial charge in [-0.05, 0) is 0 Å². The predicted octanol–water partition coefficient (Wildman–Crippen LogP) is 2.18. The van der Waals surface area contributed by atoms with E-state index in [2.05, 4.69) is 0 Å². The second-order valence-electron chi connectivity index (χ2n) is 2.70. The number of rotatable bonds is 2. The molecule has 12 heavy (non-hydrogen) atoms. The molecule has 0 amide bonds. The first-order chi connectivity index (χ1) is 5.77. The third-order valence-corrected chi connectivity index (χ3v) is 1.79. The van der Waals surface area contributed by atoms with E-state index in [-0.39, 0.29) is 6.61 Å². The predicted molar refractivity (Wildman–Crippen MR) is 47.1 cm³/mol. The largest absolute Gasteiger partial charge is 0.381 e. The second-order valence-corrected chi connectivity index (χ2v) is 2.70. The van der Waals surface area contributed by atoms with E-state index in [1.54, 1.807) is 0 Å². The van der Waals surface area contributed by atoms with Crippen LogP contribution in [-0.2, 0) is 9.47 Å². The van der Waals surface area contributed by atoms with Crippen molar-refractivity contribution in [3.63, 3.8) is 0 Å². The third-order valence-electron chi connectivity index (χ3n) is 1.79. The Morgan fingerprint density at radius 3 is 2.25 bits per heavy atom. The van der Waals surface area contributed by atoms with Crippen LogP contribution in [0.2, 0.25) is 0 Å². The molecular formula is C9H19FO2. The average Bonchev–Trinajstić information content (AvgIpc) is 2.09. The number of hydrogen-bond donors (Lipinski definition) is 0. The summed E-state index contributed by atoms with van der Waals surface area (Å²) in [4.78, 5) is 0. The van der Waals surface area contributed by atoms with Crippen LogP contribution >= 0.6 is 0 Å². The van der Waals surface area contributed by atoms with Crippen LogP contribution in [0.5, 0.6) is 0 Å². The fourth-order valence-corrected chi connectivity index (χ4v) is 1.14. The van der Waals surface area contributed by atoms with E-state index >= 15 is 0 Å². The summed E-state index contributed by atoms with van der Waals surface area (Å²) < 4.78 is 23.1. The van der Waals surface area contributed by atoms with Gasteiger partial charge in [0.05, 0.1) is 6.61 Å². The number of ether oxygens (including phenoxy) is 2. The molecule has 0 unspecified atom stereocenters. The van der Waals surface area contributed by atoms with Crippen molar-refractivity contribution in [3.8, 4) is 0 Å². The molecule has 1 aliphatic heterocycles. The monoisotopic (exact) mass is 178 g/mol. The minimum Gasteiger partial charge on any atom is -0.381 e. The van der Waals surface area contributed by atoms with Gasteiger partial charge in [0.1, 0.15) is 5.67 Å². The zero-order valence-electron chi connectivity index (χ0n) is 8.23. The summed E-state index contributed by atoms with van der Waals surface area (Å²) >= 11 is 0. The van der Waals surface area contributed by atoms with Crippen LogP contribution in [0.15, 0.2) is 0 Å². The standard InChI is InChI=1S/C7H13FO2.C2H6/c1-9-6-7(8)2-4-10-5-3-7;1-2/h2-6H2,1H3;1-2H3. The number of halogens is 1. The van der Waals surface area contributed by atoms with Crippen LogP contribution in [0.3, 0.4) is 0 Å². The van der Waals surface area contributed by atoms with E-state index in [0.717, 1.165) is 0 Å². The highest BCUT2D eigenvalue weighted by Crippen LogP contribution is 2.24. The summed E-state index contributed by atoms with van der Waals surface area (Å²) in [5.41, 5.74) is -1.12. The lowest BCUT2D eigenvalue weighted by Crippen LogP contribution is -2.35. The van der Waals surface area contributed by atoms with E-state index in [0.29, 0.717) is 26.1 Å². The van der Waals surface area contributed by atoms with Gasteiger partial charge in [0, 0.05) is 33.2 Å². The maximum atomic E-state index is 13.4. The van der Waals surface area contributed by atoms with Crippen LogP contribution in [-0.4, -0.2) is 32.6 Å². The van der Waals surface area contributed by atoms with Crippen molar-refractivity contribution in [1.29, 1.82) is 0 Å². The lowest BCUT2D eigenvalue weighted by Gasteiger charge is -2.28. The van der Waals surface area contributed by atoms with Crippen molar-refractivity contribution in [2.45, 2.75) is 32.4 Å². The van der Waals surface area contributed by atoms with Gasteiger partial charge in [0.25, 0.3) is 0 Å². The molecule has 2 nitrogen and oxygen atoms in total. The molecule has 3 heteroatoms. The number of hydrogen-bond acceptors (Lipinski definition) is 2. The Morgan fingerprint density at radius 1 is 1.33 bits per heavy atom. The topological polar surface area (TPSA) is 18.5 Å². The summed E-state index contributed by atoms with van der Waals surface area (Å²) in [7, 11) is 1.52. The van der Waals surface area contributed by atoms with Crippen LogP contribution in [0, 0.1) is 0 Å². The highest BCUT2D eigenvalue weighted by Gasteiger charge is 2.31. The molecule has 1 heterocycles. The maximum Gasteiger partial charge on any atom is 0.138 e. The molecule has 0 saturated carbocycles. The van der Waals surface area contributed by atoms with Gasteiger partial charge in [-0.3, -0.25) is 0 Å². The fourth-order valence-electron chi connectivity index (χ4n) is 1.14. The zero-order valence-corrected chi connectivity index (χ0v) is 8.23. The Labute approximate surface area is 74.1 Å². The van der Waals surface area contributed by atoms with E-state index in [4.69, 9.17) is 9.47 Å². The van der Waals surface area contributed by atoms with Gasteiger partial charge in [0.2, 0.25) is 0 Å². The van der Waals surface area contributed by atoms with Crippen molar-refractivity contribution in [3.05, 3.63) is 0 Å². The summed E-state index contributed by atoms with van der Waals surface area (Å²) in [6.07, 6.45) is 0.946. The van der Waals surface area contributed by atoms with E-state index in [1.165, 1.54) is 7.11 Å². The van der Waals surface area contributed by atoms with Gasteiger partial charge in [-0.2, -0.15) is 0 Å². The first kappa shape index (κ1) is 11.8. The maximum absolute atomic E-state index is 13.4. The molecule has 0 atom stereocenters. The highest BCUT2D eigenvalue weighted by atomic mass is 19.1. The van der Waals surface area contributed by atoms with Crippen molar-refractivity contribution >= 4 is 0 Å². The Kier molecular flexibility index (Phi) is 6.30. The van der Waals surface area contributed by atoms with Gasteiger partial charge in [-0.1, -0.05) is 13.8 Å². The smallest absolute Gasteiger partial charge is 0.138 e. The van der Waals surface area contributed by atoms with Crippen LogP contribution in [0.25, 0.3) is 0 Å². The molecule has 1 rings (SSSR count). The zero-order chi connectivity index (χ0) is 9.45. The molecule has 0 aromatic heterocycles. The normalized spacial score (nSPS) is 21.0. The molecule has 0 N–H and O–H groups in total. The molecule has 0 aromatic rings. The Balaban J connectivity index is 0.000000561. The van der Waals surface area contributed by atoms with E-state index in [1.807, 2.05) is 13.8 Å². The SMILES string of the molecule is CC.COCC1(F)CCOCC1. The fraction of sp³-hybridized carbons (Fsp3) is 1.00. The van der Waals surface area contributed by atoms with Gasteiger partial charge < -0.3 is 9.47 Å². The van der Waals surface area contributed by atoms with Crippen molar-refractivity contribution in [2.75, 3.05) is 26.9 Å². The Hall–Kier alpha value is -0.150. The lowest BCUT2D eigenvalue weighted by molar-refractivity contribution is -0.0483. The molecule has 74 valence electrons. The molecule has 0 bridgehead atoms. The van der Waals surface area contributed by atoms with Gasteiger partial charge in [-0.15, -0.1) is 0 Å². The Bertz CT molecular complexity index is 95.2. The molecule has 0 aliphatic carbocycles. The molecule has 0 aromatic carbocycles. The average molecular weight is 178 g/mol. The number of methoxy groups -OCH3 is 1.